The summed E-state index contributed by atoms with van der Waals surface area (Å²) < 4.78 is 5.04. The molecule has 1 aromatic heterocycles. The van der Waals surface area contributed by atoms with Crippen LogP contribution in [0, 0.1) is 5.92 Å². The first kappa shape index (κ1) is 17.1. The maximum absolute atomic E-state index is 12.5. The molecule has 7 heteroatoms. The standard InChI is InChI=1S/C16H23N3O4/c1-10(2)14(18-15(21)12-5-4-8-23-12)16(22)17-11-6-7-13(20)19(3)9-11/h4-5,8,10-11,14H,6-7,9H2,1-3H3,(H,17,22)(H,18,21)/t11-,14-/m1/s1. The van der Waals surface area contributed by atoms with Crippen LogP contribution in [0.2, 0.25) is 0 Å². The van der Waals surface area contributed by atoms with E-state index < -0.39 is 11.9 Å². The number of hydrogen-bond acceptors (Lipinski definition) is 4. The van der Waals surface area contributed by atoms with Crippen molar-refractivity contribution in [3.63, 3.8) is 0 Å². The van der Waals surface area contributed by atoms with E-state index >= 15 is 0 Å². The Labute approximate surface area is 135 Å². The molecule has 0 aromatic carbocycles. The summed E-state index contributed by atoms with van der Waals surface area (Å²) in [5, 5.41) is 5.63. The average Bonchev–Trinajstić information content (AvgIpc) is 3.02. The third kappa shape index (κ3) is 4.34. The smallest absolute Gasteiger partial charge is 0.287 e. The minimum absolute atomic E-state index is 0.0723. The third-order valence-electron chi connectivity index (χ3n) is 3.95. The van der Waals surface area contributed by atoms with Gasteiger partial charge in [-0.3, -0.25) is 14.4 Å². The normalized spacial score (nSPS) is 19.6. The van der Waals surface area contributed by atoms with E-state index in [9.17, 15) is 14.4 Å². The molecule has 2 rings (SSSR count). The number of likely N-dealkylation sites (N-methyl/N-ethyl adjacent to an activating group) is 1. The van der Waals surface area contributed by atoms with Gasteiger partial charge in [-0.1, -0.05) is 13.8 Å². The lowest BCUT2D eigenvalue weighted by Gasteiger charge is -2.32. The van der Waals surface area contributed by atoms with Gasteiger partial charge in [0.25, 0.3) is 5.91 Å². The Morgan fingerprint density at radius 1 is 1.39 bits per heavy atom. The number of furan rings is 1. The van der Waals surface area contributed by atoms with Gasteiger partial charge in [-0.05, 0) is 24.5 Å². The first-order valence-corrected chi connectivity index (χ1v) is 7.77. The molecule has 2 atom stereocenters. The molecular weight excluding hydrogens is 298 g/mol. The first-order valence-electron chi connectivity index (χ1n) is 7.77. The molecule has 0 unspecified atom stereocenters. The van der Waals surface area contributed by atoms with Gasteiger partial charge in [-0.2, -0.15) is 0 Å². The number of carbonyl (C=O) groups is 3. The second-order valence-electron chi connectivity index (χ2n) is 6.19. The molecule has 0 radical (unpaired) electrons. The van der Waals surface area contributed by atoms with E-state index in [2.05, 4.69) is 10.6 Å². The molecule has 3 amide bonds. The van der Waals surface area contributed by atoms with Crippen molar-refractivity contribution < 1.29 is 18.8 Å². The van der Waals surface area contributed by atoms with E-state index in [-0.39, 0.29) is 29.5 Å². The second kappa shape index (κ2) is 7.30. The Morgan fingerprint density at radius 3 is 2.70 bits per heavy atom. The van der Waals surface area contributed by atoms with Gasteiger partial charge in [-0.25, -0.2) is 0 Å². The summed E-state index contributed by atoms with van der Waals surface area (Å²) in [5.41, 5.74) is 0. The number of hydrogen-bond donors (Lipinski definition) is 2. The van der Waals surface area contributed by atoms with Crippen LogP contribution in [-0.2, 0) is 9.59 Å². The molecule has 2 heterocycles. The van der Waals surface area contributed by atoms with Crippen molar-refractivity contribution in [2.24, 2.45) is 5.92 Å². The van der Waals surface area contributed by atoms with Gasteiger partial charge in [0.1, 0.15) is 6.04 Å². The predicted octanol–water partition coefficient (Wildman–Crippen LogP) is 0.771. The van der Waals surface area contributed by atoms with E-state index in [0.717, 1.165) is 0 Å². The molecule has 1 aliphatic heterocycles. The lowest BCUT2D eigenvalue weighted by atomic mass is 10.0. The van der Waals surface area contributed by atoms with Gasteiger partial charge in [0, 0.05) is 26.1 Å². The zero-order valence-corrected chi connectivity index (χ0v) is 13.7. The highest BCUT2D eigenvalue weighted by Gasteiger charge is 2.29. The Balaban J connectivity index is 1.96. The fourth-order valence-corrected chi connectivity index (χ4v) is 2.58. The second-order valence-corrected chi connectivity index (χ2v) is 6.19. The van der Waals surface area contributed by atoms with Crippen molar-refractivity contribution in [2.45, 2.75) is 38.8 Å². The summed E-state index contributed by atoms with van der Waals surface area (Å²) in [6, 6.07) is 2.42. The van der Waals surface area contributed by atoms with Gasteiger partial charge >= 0.3 is 0 Å². The molecule has 23 heavy (non-hydrogen) atoms. The van der Waals surface area contributed by atoms with Gasteiger partial charge in [0.15, 0.2) is 5.76 Å². The lowest BCUT2D eigenvalue weighted by Crippen LogP contribution is -2.55. The van der Waals surface area contributed by atoms with Crippen molar-refractivity contribution in [1.82, 2.24) is 15.5 Å². The maximum Gasteiger partial charge on any atom is 0.287 e. The molecule has 2 N–H and O–H groups in total. The summed E-state index contributed by atoms with van der Waals surface area (Å²) in [5.74, 6) is -0.474. The van der Waals surface area contributed by atoms with Crippen LogP contribution in [0.3, 0.4) is 0 Å². The SMILES string of the molecule is CC(C)[C@@H](NC(=O)c1ccco1)C(=O)N[C@@H]1CCC(=O)N(C)C1. The fraction of sp³-hybridized carbons (Fsp3) is 0.562. The van der Waals surface area contributed by atoms with Crippen molar-refractivity contribution >= 4 is 17.7 Å². The topological polar surface area (TPSA) is 91.6 Å². The van der Waals surface area contributed by atoms with Crippen molar-refractivity contribution in [3.8, 4) is 0 Å². The molecule has 1 fully saturated rings. The highest BCUT2D eigenvalue weighted by atomic mass is 16.3. The molecule has 1 aliphatic rings. The van der Waals surface area contributed by atoms with E-state index in [1.54, 1.807) is 24.1 Å². The summed E-state index contributed by atoms with van der Waals surface area (Å²) in [6.07, 6.45) is 2.45. The number of rotatable bonds is 5. The number of likely N-dealkylation sites (tertiary alicyclic amines) is 1. The third-order valence-corrected chi connectivity index (χ3v) is 3.95. The molecule has 126 valence electrons. The number of nitrogens with one attached hydrogen (secondary N) is 2. The minimum Gasteiger partial charge on any atom is -0.459 e. The van der Waals surface area contributed by atoms with Crippen molar-refractivity contribution in [1.29, 1.82) is 0 Å². The molecule has 0 saturated carbocycles. The zero-order valence-electron chi connectivity index (χ0n) is 13.7. The Bertz CT molecular complexity index is 568. The molecule has 7 nitrogen and oxygen atoms in total. The van der Waals surface area contributed by atoms with Crippen molar-refractivity contribution in [2.75, 3.05) is 13.6 Å². The molecule has 0 spiro atoms. The first-order chi connectivity index (χ1) is 10.9. The number of carbonyl (C=O) groups excluding carboxylic acids is 3. The number of amides is 3. The monoisotopic (exact) mass is 321 g/mol. The van der Waals surface area contributed by atoms with E-state index in [1.807, 2.05) is 13.8 Å². The highest BCUT2D eigenvalue weighted by Crippen LogP contribution is 2.11. The summed E-state index contributed by atoms with van der Waals surface area (Å²) in [4.78, 5) is 37.7. The largest absolute Gasteiger partial charge is 0.459 e. The quantitative estimate of drug-likeness (QED) is 0.838. The minimum atomic E-state index is -0.657. The Hall–Kier alpha value is -2.31. The highest BCUT2D eigenvalue weighted by molar-refractivity contribution is 5.95. The zero-order chi connectivity index (χ0) is 17.0. The molecular formula is C16H23N3O4. The lowest BCUT2D eigenvalue weighted by molar-refractivity contribution is -0.134. The van der Waals surface area contributed by atoms with Crippen LogP contribution < -0.4 is 10.6 Å². The van der Waals surface area contributed by atoms with E-state index in [4.69, 9.17) is 4.42 Å². The molecule has 0 bridgehead atoms. The average molecular weight is 321 g/mol. The number of piperidine rings is 1. The molecule has 1 aromatic rings. The molecule has 1 saturated heterocycles. The van der Waals surface area contributed by atoms with Crippen LogP contribution in [0.25, 0.3) is 0 Å². The Kier molecular flexibility index (Phi) is 5.41. The van der Waals surface area contributed by atoms with Gasteiger partial charge < -0.3 is 20.0 Å². The van der Waals surface area contributed by atoms with Crippen LogP contribution in [0.4, 0.5) is 0 Å². The van der Waals surface area contributed by atoms with Gasteiger partial charge in [0.05, 0.1) is 6.26 Å². The summed E-state index contributed by atoms with van der Waals surface area (Å²) >= 11 is 0. The van der Waals surface area contributed by atoms with Crippen LogP contribution in [0.1, 0.15) is 37.2 Å². The predicted molar refractivity (Wildman–Crippen MR) is 83.6 cm³/mol. The Morgan fingerprint density at radius 2 is 2.13 bits per heavy atom. The van der Waals surface area contributed by atoms with Crippen LogP contribution in [0.15, 0.2) is 22.8 Å². The summed E-state index contributed by atoms with van der Waals surface area (Å²) in [7, 11) is 1.72. The van der Waals surface area contributed by atoms with Gasteiger partial charge in [0.2, 0.25) is 11.8 Å². The van der Waals surface area contributed by atoms with Crippen LogP contribution in [-0.4, -0.2) is 48.3 Å². The maximum atomic E-state index is 12.5. The number of nitrogens with zero attached hydrogens (tertiary/aromatic N) is 1. The van der Waals surface area contributed by atoms with Crippen LogP contribution >= 0.6 is 0 Å². The summed E-state index contributed by atoms with van der Waals surface area (Å²) in [6.45, 7) is 4.22. The van der Waals surface area contributed by atoms with Crippen LogP contribution in [0.5, 0.6) is 0 Å². The van der Waals surface area contributed by atoms with Crippen molar-refractivity contribution in [3.05, 3.63) is 24.2 Å². The fourth-order valence-electron chi connectivity index (χ4n) is 2.58. The van der Waals surface area contributed by atoms with Gasteiger partial charge in [-0.15, -0.1) is 0 Å². The van der Waals surface area contributed by atoms with E-state index in [1.165, 1.54) is 6.26 Å². The molecule has 0 aliphatic carbocycles. The van der Waals surface area contributed by atoms with E-state index in [0.29, 0.717) is 19.4 Å².